The van der Waals surface area contributed by atoms with Crippen molar-refractivity contribution in [3.63, 3.8) is 0 Å². The van der Waals surface area contributed by atoms with Crippen molar-refractivity contribution in [1.82, 2.24) is 4.90 Å². The van der Waals surface area contributed by atoms with Gasteiger partial charge in [0.15, 0.2) is 0 Å². The molecule has 92 valence electrons. The minimum absolute atomic E-state index is 0.251. The SMILES string of the molecule is CCN(CC1CCCO1)C(C(=O)O)C1CC1. The molecular weight excluding hydrogens is 206 g/mol. The predicted molar refractivity (Wildman–Crippen MR) is 60.4 cm³/mol. The van der Waals surface area contributed by atoms with Crippen LogP contribution in [0.2, 0.25) is 0 Å². The Morgan fingerprint density at radius 3 is 2.69 bits per heavy atom. The van der Waals surface area contributed by atoms with Crippen LogP contribution in [-0.2, 0) is 9.53 Å². The van der Waals surface area contributed by atoms with E-state index in [9.17, 15) is 9.90 Å². The molecule has 0 aromatic rings. The molecule has 1 saturated heterocycles. The van der Waals surface area contributed by atoms with Crippen LogP contribution in [0.1, 0.15) is 32.6 Å². The summed E-state index contributed by atoms with van der Waals surface area (Å²) in [5, 5.41) is 9.28. The Labute approximate surface area is 96.6 Å². The minimum atomic E-state index is -0.664. The fraction of sp³-hybridized carbons (Fsp3) is 0.917. The van der Waals surface area contributed by atoms with Crippen LogP contribution in [0.5, 0.6) is 0 Å². The van der Waals surface area contributed by atoms with Gasteiger partial charge in [0.1, 0.15) is 6.04 Å². The van der Waals surface area contributed by atoms with E-state index in [1.54, 1.807) is 0 Å². The number of ether oxygens (including phenoxy) is 1. The standard InChI is InChI=1S/C12H21NO3/c1-2-13(8-10-4-3-7-16-10)11(12(14)15)9-5-6-9/h9-11H,2-8H2,1H3,(H,14,15). The van der Waals surface area contributed by atoms with Crippen LogP contribution < -0.4 is 0 Å². The number of carbonyl (C=O) groups is 1. The molecule has 0 amide bonds. The van der Waals surface area contributed by atoms with Crippen molar-refractivity contribution in [3.8, 4) is 0 Å². The van der Waals surface area contributed by atoms with Gasteiger partial charge in [-0.2, -0.15) is 0 Å². The molecule has 1 saturated carbocycles. The van der Waals surface area contributed by atoms with E-state index in [0.29, 0.717) is 5.92 Å². The van der Waals surface area contributed by atoms with E-state index in [-0.39, 0.29) is 12.1 Å². The lowest BCUT2D eigenvalue weighted by Gasteiger charge is -2.29. The molecule has 0 aromatic carbocycles. The Balaban J connectivity index is 1.92. The second-order valence-corrected chi connectivity index (χ2v) is 4.84. The van der Waals surface area contributed by atoms with Gasteiger partial charge in [-0.05, 0) is 38.1 Å². The minimum Gasteiger partial charge on any atom is -0.480 e. The molecule has 1 aliphatic carbocycles. The van der Waals surface area contributed by atoms with Gasteiger partial charge < -0.3 is 9.84 Å². The molecule has 2 rings (SSSR count). The zero-order valence-corrected chi connectivity index (χ0v) is 9.89. The molecule has 1 aliphatic heterocycles. The average Bonchev–Trinajstić information content (AvgIpc) is 2.93. The molecule has 4 nitrogen and oxygen atoms in total. The third kappa shape index (κ3) is 2.74. The largest absolute Gasteiger partial charge is 0.480 e. The summed E-state index contributed by atoms with van der Waals surface area (Å²) in [6, 6.07) is -0.283. The van der Waals surface area contributed by atoms with Gasteiger partial charge >= 0.3 is 5.97 Å². The number of rotatable bonds is 6. The van der Waals surface area contributed by atoms with Gasteiger partial charge in [-0.1, -0.05) is 6.92 Å². The zero-order valence-electron chi connectivity index (χ0n) is 9.89. The Kier molecular flexibility index (Phi) is 3.82. The number of hydrogen-bond donors (Lipinski definition) is 1. The molecule has 4 heteroatoms. The smallest absolute Gasteiger partial charge is 0.321 e. The van der Waals surface area contributed by atoms with E-state index in [1.807, 2.05) is 6.92 Å². The van der Waals surface area contributed by atoms with Gasteiger partial charge in [-0.3, -0.25) is 9.69 Å². The third-order valence-corrected chi connectivity index (χ3v) is 3.58. The molecule has 0 bridgehead atoms. The van der Waals surface area contributed by atoms with E-state index in [0.717, 1.165) is 45.4 Å². The van der Waals surface area contributed by atoms with Crippen LogP contribution in [0.4, 0.5) is 0 Å². The zero-order chi connectivity index (χ0) is 11.5. The second-order valence-electron chi connectivity index (χ2n) is 4.84. The summed E-state index contributed by atoms with van der Waals surface area (Å²) in [5.41, 5.74) is 0. The first-order valence-electron chi connectivity index (χ1n) is 6.30. The van der Waals surface area contributed by atoms with Crippen LogP contribution in [0, 0.1) is 5.92 Å². The van der Waals surface area contributed by atoms with Crippen LogP contribution in [0.3, 0.4) is 0 Å². The fourth-order valence-electron chi connectivity index (χ4n) is 2.56. The van der Waals surface area contributed by atoms with Gasteiger partial charge in [0.25, 0.3) is 0 Å². The number of hydrogen-bond acceptors (Lipinski definition) is 3. The monoisotopic (exact) mass is 227 g/mol. The van der Waals surface area contributed by atoms with Gasteiger partial charge in [0.05, 0.1) is 6.10 Å². The summed E-state index contributed by atoms with van der Waals surface area (Å²) >= 11 is 0. The van der Waals surface area contributed by atoms with Gasteiger partial charge in [0.2, 0.25) is 0 Å². The predicted octanol–water partition coefficient (Wildman–Crippen LogP) is 1.35. The number of aliphatic carboxylic acids is 1. The van der Waals surface area contributed by atoms with Crippen LogP contribution in [0.15, 0.2) is 0 Å². The maximum atomic E-state index is 11.3. The highest BCUT2D eigenvalue weighted by atomic mass is 16.5. The number of carboxylic acids is 1. The van der Waals surface area contributed by atoms with Crippen LogP contribution >= 0.6 is 0 Å². The summed E-state index contributed by atoms with van der Waals surface area (Å²) in [4.78, 5) is 13.4. The summed E-state index contributed by atoms with van der Waals surface area (Å²) in [5.74, 6) is -0.291. The number of carboxylic acid groups (broad SMARTS) is 1. The van der Waals surface area contributed by atoms with Crippen molar-refractivity contribution < 1.29 is 14.6 Å². The maximum absolute atomic E-state index is 11.3. The molecule has 1 heterocycles. The highest BCUT2D eigenvalue weighted by molar-refractivity contribution is 5.74. The van der Waals surface area contributed by atoms with Crippen molar-refractivity contribution in [1.29, 1.82) is 0 Å². The summed E-state index contributed by atoms with van der Waals surface area (Å²) in [7, 11) is 0. The number of nitrogens with zero attached hydrogens (tertiary/aromatic N) is 1. The van der Waals surface area contributed by atoms with Gasteiger partial charge in [-0.15, -0.1) is 0 Å². The van der Waals surface area contributed by atoms with Crippen molar-refractivity contribution in [3.05, 3.63) is 0 Å². The maximum Gasteiger partial charge on any atom is 0.321 e. The second kappa shape index (κ2) is 5.15. The van der Waals surface area contributed by atoms with E-state index < -0.39 is 5.97 Å². The normalized spacial score (nSPS) is 27.2. The molecule has 2 fully saturated rings. The molecule has 0 radical (unpaired) electrons. The van der Waals surface area contributed by atoms with Crippen molar-refractivity contribution in [2.75, 3.05) is 19.7 Å². The van der Waals surface area contributed by atoms with Crippen LogP contribution in [0.25, 0.3) is 0 Å². The molecule has 2 unspecified atom stereocenters. The Morgan fingerprint density at radius 2 is 2.25 bits per heavy atom. The van der Waals surface area contributed by atoms with Crippen molar-refractivity contribution >= 4 is 5.97 Å². The molecule has 0 aromatic heterocycles. The Bertz CT molecular complexity index is 247. The van der Waals surface area contributed by atoms with Crippen LogP contribution in [-0.4, -0.2) is 47.8 Å². The lowest BCUT2D eigenvalue weighted by molar-refractivity contribution is -0.144. The van der Waals surface area contributed by atoms with E-state index in [1.165, 1.54) is 0 Å². The fourth-order valence-corrected chi connectivity index (χ4v) is 2.56. The Hall–Kier alpha value is -0.610. The molecular formula is C12H21NO3. The first-order valence-corrected chi connectivity index (χ1v) is 6.30. The lowest BCUT2D eigenvalue weighted by atomic mass is 10.1. The van der Waals surface area contributed by atoms with Crippen molar-refractivity contribution in [2.24, 2.45) is 5.92 Å². The van der Waals surface area contributed by atoms with Gasteiger partial charge in [0, 0.05) is 13.2 Å². The first kappa shape index (κ1) is 11.9. The molecule has 16 heavy (non-hydrogen) atoms. The third-order valence-electron chi connectivity index (χ3n) is 3.58. The van der Waals surface area contributed by atoms with E-state index in [4.69, 9.17) is 4.74 Å². The van der Waals surface area contributed by atoms with E-state index >= 15 is 0 Å². The Morgan fingerprint density at radius 1 is 1.50 bits per heavy atom. The highest BCUT2D eigenvalue weighted by Crippen LogP contribution is 2.35. The highest BCUT2D eigenvalue weighted by Gasteiger charge is 2.40. The van der Waals surface area contributed by atoms with E-state index in [2.05, 4.69) is 4.90 Å². The summed E-state index contributed by atoms with van der Waals surface area (Å²) in [6.07, 6.45) is 4.58. The molecule has 1 N–H and O–H groups in total. The quantitative estimate of drug-likeness (QED) is 0.744. The molecule has 2 aliphatic rings. The topological polar surface area (TPSA) is 49.8 Å². The molecule has 2 atom stereocenters. The summed E-state index contributed by atoms with van der Waals surface area (Å²) < 4.78 is 5.58. The van der Waals surface area contributed by atoms with Crippen molar-refractivity contribution in [2.45, 2.75) is 44.8 Å². The molecule has 0 spiro atoms. The lowest BCUT2D eigenvalue weighted by Crippen LogP contribution is -2.46. The average molecular weight is 227 g/mol. The summed E-state index contributed by atoms with van der Waals surface area (Å²) in [6.45, 7) is 4.45. The first-order chi connectivity index (χ1) is 7.72. The number of likely N-dealkylation sites (N-methyl/N-ethyl adjacent to an activating group) is 1. The van der Waals surface area contributed by atoms with Gasteiger partial charge in [-0.25, -0.2) is 0 Å².